The largest absolute Gasteiger partial charge is 0.408 e. The number of rotatable bonds is 2. The molecular formula is C5H8F3N5. The maximum atomic E-state index is 11.9. The third-order valence-electron chi connectivity index (χ3n) is 1.25. The molecule has 0 aliphatic rings. The van der Waals surface area contributed by atoms with Gasteiger partial charge in [-0.25, -0.2) is 4.68 Å². The summed E-state index contributed by atoms with van der Waals surface area (Å²) in [4.78, 5) is 3.53. The van der Waals surface area contributed by atoms with Gasteiger partial charge < -0.3 is 11.1 Å². The molecule has 1 rings (SSSR count). The van der Waals surface area contributed by atoms with Crippen LogP contribution >= 0.6 is 0 Å². The molecule has 0 atom stereocenters. The van der Waals surface area contributed by atoms with E-state index in [9.17, 15) is 13.2 Å². The Kier molecular flexibility index (Phi) is 2.30. The van der Waals surface area contributed by atoms with Crippen molar-refractivity contribution in [1.29, 1.82) is 0 Å². The Morgan fingerprint density at radius 1 is 1.54 bits per heavy atom. The third-order valence-corrected chi connectivity index (χ3v) is 1.25. The van der Waals surface area contributed by atoms with Gasteiger partial charge in [0.2, 0.25) is 11.9 Å². The molecule has 0 saturated carbocycles. The highest BCUT2D eigenvalue weighted by molar-refractivity contribution is 5.30. The van der Waals surface area contributed by atoms with Crippen molar-refractivity contribution in [2.45, 2.75) is 12.7 Å². The fraction of sp³-hybridized carbons (Fsp3) is 0.600. The van der Waals surface area contributed by atoms with Crippen molar-refractivity contribution < 1.29 is 13.2 Å². The molecular weight excluding hydrogens is 187 g/mol. The average Bonchev–Trinajstić information content (AvgIpc) is 2.29. The van der Waals surface area contributed by atoms with Gasteiger partial charge in [-0.05, 0) is 0 Å². The van der Waals surface area contributed by atoms with Gasteiger partial charge in [-0.1, -0.05) is 0 Å². The quantitative estimate of drug-likeness (QED) is 0.719. The minimum absolute atomic E-state index is 0.0711. The summed E-state index contributed by atoms with van der Waals surface area (Å²) in [5.41, 5.74) is 5.17. The second-order valence-corrected chi connectivity index (χ2v) is 2.32. The van der Waals surface area contributed by atoms with Gasteiger partial charge in [0, 0.05) is 7.05 Å². The van der Waals surface area contributed by atoms with Crippen LogP contribution in [-0.2, 0) is 6.54 Å². The topological polar surface area (TPSA) is 68.8 Å². The van der Waals surface area contributed by atoms with Gasteiger partial charge in [0.25, 0.3) is 0 Å². The molecule has 13 heavy (non-hydrogen) atoms. The molecule has 0 fully saturated rings. The summed E-state index contributed by atoms with van der Waals surface area (Å²) >= 11 is 0. The lowest BCUT2D eigenvalue weighted by Crippen LogP contribution is -2.20. The zero-order valence-corrected chi connectivity index (χ0v) is 6.76. The first-order valence-electron chi connectivity index (χ1n) is 3.37. The van der Waals surface area contributed by atoms with Crippen molar-refractivity contribution in [3.8, 4) is 0 Å². The lowest BCUT2D eigenvalue weighted by molar-refractivity contribution is -0.142. The summed E-state index contributed by atoms with van der Waals surface area (Å²) < 4.78 is 36.2. The van der Waals surface area contributed by atoms with Crippen molar-refractivity contribution in [3.05, 3.63) is 0 Å². The summed E-state index contributed by atoms with van der Waals surface area (Å²) in [6, 6.07) is 0. The van der Waals surface area contributed by atoms with Crippen molar-refractivity contribution in [1.82, 2.24) is 14.8 Å². The maximum absolute atomic E-state index is 11.9. The molecule has 74 valence electrons. The summed E-state index contributed by atoms with van der Waals surface area (Å²) in [7, 11) is 1.49. The molecule has 0 saturated heterocycles. The van der Waals surface area contributed by atoms with E-state index in [2.05, 4.69) is 15.4 Å². The summed E-state index contributed by atoms with van der Waals surface area (Å²) in [5, 5.41) is 5.95. The highest BCUT2D eigenvalue weighted by atomic mass is 19.4. The van der Waals surface area contributed by atoms with E-state index in [0.29, 0.717) is 4.68 Å². The van der Waals surface area contributed by atoms with Crippen molar-refractivity contribution in [2.24, 2.45) is 0 Å². The Morgan fingerprint density at radius 3 is 2.54 bits per heavy atom. The van der Waals surface area contributed by atoms with Gasteiger partial charge in [0.1, 0.15) is 6.54 Å². The van der Waals surface area contributed by atoms with Crippen LogP contribution in [0.4, 0.5) is 25.1 Å². The van der Waals surface area contributed by atoms with Crippen LogP contribution in [0.5, 0.6) is 0 Å². The molecule has 0 aliphatic carbocycles. The minimum atomic E-state index is -4.34. The number of hydrogen-bond acceptors (Lipinski definition) is 4. The van der Waals surface area contributed by atoms with Crippen LogP contribution in [0.1, 0.15) is 0 Å². The second-order valence-electron chi connectivity index (χ2n) is 2.32. The van der Waals surface area contributed by atoms with E-state index in [4.69, 9.17) is 5.73 Å². The molecule has 0 aliphatic heterocycles. The van der Waals surface area contributed by atoms with Crippen molar-refractivity contribution in [3.63, 3.8) is 0 Å². The van der Waals surface area contributed by atoms with E-state index in [1.165, 1.54) is 7.05 Å². The molecule has 0 unspecified atom stereocenters. The molecule has 0 radical (unpaired) electrons. The zero-order chi connectivity index (χ0) is 10.1. The first-order chi connectivity index (χ1) is 5.92. The fourth-order valence-corrected chi connectivity index (χ4v) is 0.746. The predicted molar refractivity (Wildman–Crippen MR) is 40.0 cm³/mol. The second kappa shape index (κ2) is 3.11. The Hall–Kier alpha value is -1.47. The molecule has 1 heterocycles. The number of alkyl halides is 3. The zero-order valence-electron chi connectivity index (χ0n) is 6.76. The van der Waals surface area contributed by atoms with Gasteiger partial charge >= 0.3 is 6.18 Å². The normalized spacial score (nSPS) is 11.7. The molecule has 8 heteroatoms. The number of aromatic nitrogens is 3. The number of nitrogens with one attached hydrogen (secondary N) is 1. The number of anilines is 2. The van der Waals surface area contributed by atoms with E-state index < -0.39 is 12.7 Å². The Balaban J connectivity index is 2.83. The van der Waals surface area contributed by atoms with Crippen LogP contribution in [0.25, 0.3) is 0 Å². The van der Waals surface area contributed by atoms with Gasteiger partial charge in [-0.3, -0.25) is 0 Å². The van der Waals surface area contributed by atoms with E-state index in [-0.39, 0.29) is 11.9 Å². The third kappa shape index (κ3) is 2.49. The highest BCUT2D eigenvalue weighted by Crippen LogP contribution is 2.18. The van der Waals surface area contributed by atoms with Gasteiger partial charge in [-0.2, -0.15) is 18.2 Å². The molecule has 5 nitrogen and oxygen atoms in total. The van der Waals surface area contributed by atoms with Gasteiger partial charge in [0.05, 0.1) is 0 Å². The molecule has 0 bridgehead atoms. The van der Waals surface area contributed by atoms with Crippen molar-refractivity contribution >= 4 is 11.9 Å². The van der Waals surface area contributed by atoms with Crippen LogP contribution in [0.3, 0.4) is 0 Å². The average molecular weight is 195 g/mol. The molecule has 0 amide bonds. The standard InChI is InChI=1S/C5H8F3N5/c1-10-4-11-3(9)13(12-4)2-5(6,7)8/h2H2,1H3,(H3,9,10,11,12). The molecule has 3 N–H and O–H groups in total. The Morgan fingerprint density at radius 2 is 2.15 bits per heavy atom. The number of hydrogen-bond donors (Lipinski definition) is 2. The van der Waals surface area contributed by atoms with Crippen LogP contribution < -0.4 is 11.1 Å². The van der Waals surface area contributed by atoms with Gasteiger partial charge in [-0.15, -0.1) is 5.10 Å². The lowest BCUT2D eigenvalue weighted by Gasteiger charge is -2.05. The first kappa shape index (κ1) is 9.62. The van der Waals surface area contributed by atoms with Crippen molar-refractivity contribution in [2.75, 3.05) is 18.1 Å². The Labute approximate surface area is 71.7 Å². The Bertz CT molecular complexity index is 291. The molecule has 0 spiro atoms. The fourth-order valence-electron chi connectivity index (χ4n) is 0.746. The lowest BCUT2D eigenvalue weighted by atomic mass is 10.6. The summed E-state index contributed by atoms with van der Waals surface area (Å²) in [6.45, 7) is -1.23. The van der Waals surface area contributed by atoms with Crippen LogP contribution in [0.2, 0.25) is 0 Å². The van der Waals surface area contributed by atoms with E-state index in [1.807, 2.05) is 0 Å². The van der Waals surface area contributed by atoms with E-state index in [0.717, 1.165) is 0 Å². The van der Waals surface area contributed by atoms with Crippen LogP contribution in [0, 0.1) is 0 Å². The molecule has 1 aromatic rings. The molecule has 0 aromatic carbocycles. The number of nitrogen functional groups attached to an aromatic ring is 1. The SMILES string of the molecule is CNc1nc(N)n(CC(F)(F)F)n1. The number of nitrogens with zero attached hydrogens (tertiary/aromatic N) is 3. The minimum Gasteiger partial charge on any atom is -0.368 e. The monoisotopic (exact) mass is 195 g/mol. The number of halogens is 3. The highest BCUT2D eigenvalue weighted by Gasteiger charge is 2.29. The van der Waals surface area contributed by atoms with E-state index in [1.54, 1.807) is 0 Å². The van der Waals surface area contributed by atoms with Crippen LogP contribution in [0.15, 0.2) is 0 Å². The number of nitrogens with two attached hydrogens (primary N) is 1. The van der Waals surface area contributed by atoms with E-state index >= 15 is 0 Å². The predicted octanol–water partition coefficient (Wildman–Crippen LogP) is 0.464. The summed E-state index contributed by atoms with van der Waals surface area (Å²) in [6.07, 6.45) is -4.34. The summed E-state index contributed by atoms with van der Waals surface area (Å²) in [5.74, 6) is -0.191. The smallest absolute Gasteiger partial charge is 0.368 e. The van der Waals surface area contributed by atoms with Gasteiger partial charge in [0.15, 0.2) is 0 Å². The van der Waals surface area contributed by atoms with Crippen LogP contribution in [-0.4, -0.2) is 28.0 Å². The maximum Gasteiger partial charge on any atom is 0.408 e. The molecule has 1 aromatic heterocycles. The first-order valence-corrected chi connectivity index (χ1v) is 3.37.